The SMILES string of the molecule is CC(C)(C)c1cc(-c2csc(CN3CC[C@@H](O)C3)n2)cc(C(C)(C)C)c1O. The van der Waals surface area contributed by atoms with Crippen LogP contribution in [0.25, 0.3) is 11.3 Å². The van der Waals surface area contributed by atoms with Crippen LogP contribution in [0.1, 0.15) is 64.1 Å². The molecular formula is C22H32N2O2S. The second-order valence-corrected chi connectivity index (χ2v) is 10.7. The van der Waals surface area contributed by atoms with Gasteiger partial charge in [-0.15, -0.1) is 11.3 Å². The number of aromatic nitrogens is 1. The quantitative estimate of drug-likeness (QED) is 0.802. The molecule has 4 nitrogen and oxygen atoms in total. The molecular weight excluding hydrogens is 356 g/mol. The molecule has 5 heteroatoms. The van der Waals surface area contributed by atoms with Crippen molar-refractivity contribution < 1.29 is 10.2 Å². The van der Waals surface area contributed by atoms with Gasteiger partial charge in [0.25, 0.3) is 0 Å². The predicted octanol–water partition coefficient (Wildman–Crippen LogP) is 4.68. The van der Waals surface area contributed by atoms with Crippen LogP contribution >= 0.6 is 11.3 Å². The third-order valence-electron chi connectivity index (χ3n) is 5.18. The van der Waals surface area contributed by atoms with Gasteiger partial charge in [0.15, 0.2) is 0 Å². The summed E-state index contributed by atoms with van der Waals surface area (Å²) in [6.45, 7) is 15.2. The Kier molecular flexibility index (Phi) is 5.41. The van der Waals surface area contributed by atoms with Crippen LogP contribution in [0, 0.1) is 0 Å². The van der Waals surface area contributed by atoms with Gasteiger partial charge in [-0.25, -0.2) is 4.98 Å². The molecule has 0 amide bonds. The highest BCUT2D eigenvalue weighted by Crippen LogP contribution is 2.42. The predicted molar refractivity (Wildman–Crippen MR) is 113 cm³/mol. The van der Waals surface area contributed by atoms with Crippen LogP contribution in [0.2, 0.25) is 0 Å². The average Bonchev–Trinajstić information content (AvgIpc) is 3.15. The van der Waals surface area contributed by atoms with Crippen LogP contribution in [0.3, 0.4) is 0 Å². The number of phenolic OH excluding ortho intramolecular Hbond substituents is 1. The number of β-amino-alcohol motifs (C(OH)–C–C–N with tert-alkyl or cyclic N) is 1. The summed E-state index contributed by atoms with van der Waals surface area (Å²) in [4.78, 5) is 7.11. The van der Waals surface area contributed by atoms with E-state index in [-0.39, 0.29) is 16.9 Å². The fourth-order valence-electron chi connectivity index (χ4n) is 3.59. The van der Waals surface area contributed by atoms with Gasteiger partial charge in [-0.1, -0.05) is 41.5 Å². The van der Waals surface area contributed by atoms with Crippen molar-refractivity contribution in [3.05, 3.63) is 33.6 Å². The molecule has 1 aliphatic heterocycles. The van der Waals surface area contributed by atoms with Crippen LogP contribution in [-0.4, -0.2) is 39.3 Å². The summed E-state index contributed by atoms with van der Waals surface area (Å²) in [6.07, 6.45) is 0.644. The van der Waals surface area contributed by atoms with Gasteiger partial charge < -0.3 is 10.2 Å². The van der Waals surface area contributed by atoms with Gasteiger partial charge in [0.05, 0.1) is 18.3 Å². The Balaban J connectivity index is 1.97. The van der Waals surface area contributed by atoms with E-state index in [4.69, 9.17) is 4.98 Å². The van der Waals surface area contributed by atoms with Gasteiger partial charge in [0.2, 0.25) is 0 Å². The van der Waals surface area contributed by atoms with Crippen molar-refractivity contribution >= 4 is 11.3 Å². The summed E-state index contributed by atoms with van der Waals surface area (Å²) < 4.78 is 0. The Hall–Kier alpha value is -1.43. The number of likely N-dealkylation sites (tertiary alicyclic amines) is 1. The highest BCUT2D eigenvalue weighted by Gasteiger charge is 2.27. The normalized spacial score (nSPS) is 19.0. The number of nitrogens with zero attached hydrogens (tertiary/aromatic N) is 2. The highest BCUT2D eigenvalue weighted by molar-refractivity contribution is 7.09. The second-order valence-electron chi connectivity index (χ2n) is 9.72. The van der Waals surface area contributed by atoms with Crippen LogP contribution in [0.5, 0.6) is 5.75 Å². The number of benzene rings is 1. The molecule has 2 N–H and O–H groups in total. The summed E-state index contributed by atoms with van der Waals surface area (Å²) in [5.41, 5.74) is 3.65. The maximum absolute atomic E-state index is 10.9. The zero-order valence-electron chi connectivity index (χ0n) is 17.3. The van der Waals surface area contributed by atoms with Crippen LogP contribution < -0.4 is 0 Å². The number of aliphatic hydroxyl groups excluding tert-OH is 1. The van der Waals surface area contributed by atoms with E-state index in [0.29, 0.717) is 5.75 Å². The monoisotopic (exact) mass is 388 g/mol. The Bertz CT molecular complexity index is 779. The first-order valence-corrected chi connectivity index (χ1v) is 10.6. The van der Waals surface area contributed by atoms with Crippen LogP contribution in [0.15, 0.2) is 17.5 Å². The lowest BCUT2D eigenvalue weighted by molar-refractivity contribution is 0.175. The fraction of sp³-hybridized carbons (Fsp3) is 0.591. The number of thiazole rings is 1. The first-order chi connectivity index (χ1) is 12.4. The standard InChI is InChI=1S/C22H32N2O2S/c1-21(2,3)16-9-14(10-17(20(16)26)22(4,5)6)18-13-27-19(23-18)12-24-8-7-15(25)11-24/h9-10,13,15,25-26H,7-8,11-12H2,1-6H3/t15-/m1/s1. The summed E-state index contributed by atoms with van der Waals surface area (Å²) in [5, 5.41) is 23.8. The van der Waals surface area contributed by atoms with Gasteiger partial charge in [-0.05, 0) is 29.4 Å². The first-order valence-electron chi connectivity index (χ1n) is 9.68. The molecule has 0 bridgehead atoms. The Morgan fingerprint density at radius 2 is 1.70 bits per heavy atom. The Morgan fingerprint density at radius 3 is 2.19 bits per heavy atom. The van der Waals surface area contributed by atoms with Crippen molar-refractivity contribution in [2.45, 2.75) is 71.4 Å². The van der Waals surface area contributed by atoms with E-state index in [1.54, 1.807) is 11.3 Å². The topological polar surface area (TPSA) is 56.6 Å². The number of rotatable bonds is 3. The van der Waals surface area contributed by atoms with Gasteiger partial charge in [-0.3, -0.25) is 4.90 Å². The van der Waals surface area contributed by atoms with Crippen molar-refractivity contribution in [3.8, 4) is 17.0 Å². The van der Waals surface area contributed by atoms with E-state index >= 15 is 0 Å². The van der Waals surface area contributed by atoms with E-state index in [0.717, 1.165) is 53.4 Å². The molecule has 2 heterocycles. The minimum Gasteiger partial charge on any atom is -0.507 e. The maximum Gasteiger partial charge on any atom is 0.123 e. The minimum absolute atomic E-state index is 0.148. The van der Waals surface area contributed by atoms with Crippen LogP contribution in [-0.2, 0) is 17.4 Å². The molecule has 2 aromatic rings. The van der Waals surface area contributed by atoms with Gasteiger partial charge >= 0.3 is 0 Å². The lowest BCUT2D eigenvalue weighted by Gasteiger charge is -2.28. The van der Waals surface area contributed by atoms with E-state index in [2.05, 4.69) is 64.0 Å². The number of hydrogen-bond acceptors (Lipinski definition) is 5. The summed E-state index contributed by atoms with van der Waals surface area (Å²) in [7, 11) is 0. The molecule has 3 rings (SSSR count). The summed E-state index contributed by atoms with van der Waals surface area (Å²) in [6, 6.07) is 4.17. The molecule has 1 aromatic heterocycles. The Morgan fingerprint density at radius 1 is 1.11 bits per heavy atom. The molecule has 0 radical (unpaired) electrons. The van der Waals surface area contributed by atoms with Crippen molar-refractivity contribution in [1.82, 2.24) is 9.88 Å². The third-order valence-corrected chi connectivity index (χ3v) is 6.01. The molecule has 0 saturated carbocycles. The van der Waals surface area contributed by atoms with E-state index in [1.165, 1.54) is 0 Å². The smallest absolute Gasteiger partial charge is 0.123 e. The van der Waals surface area contributed by atoms with Gasteiger partial charge in [-0.2, -0.15) is 0 Å². The van der Waals surface area contributed by atoms with E-state index in [9.17, 15) is 10.2 Å². The van der Waals surface area contributed by atoms with Gasteiger partial charge in [0, 0.05) is 35.2 Å². The molecule has 1 atom stereocenters. The lowest BCUT2D eigenvalue weighted by Crippen LogP contribution is -2.21. The fourth-order valence-corrected chi connectivity index (χ4v) is 4.43. The van der Waals surface area contributed by atoms with Gasteiger partial charge in [0.1, 0.15) is 10.8 Å². The number of phenols is 1. The lowest BCUT2D eigenvalue weighted by atomic mass is 9.78. The van der Waals surface area contributed by atoms with Crippen molar-refractivity contribution in [2.75, 3.05) is 13.1 Å². The molecule has 0 aliphatic carbocycles. The molecule has 148 valence electrons. The van der Waals surface area contributed by atoms with Crippen molar-refractivity contribution in [1.29, 1.82) is 0 Å². The average molecular weight is 389 g/mol. The number of aromatic hydroxyl groups is 1. The molecule has 1 aliphatic rings. The highest BCUT2D eigenvalue weighted by atomic mass is 32.1. The molecule has 1 fully saturated rings. The number of hydrogen-bond donors (Lipinski definition) is 2. The molecule has 27 heavy (non-hydrogen) atoms. The molecule has 1 saturated heterocycles. The molecule has 0 unspecified atom stereocenters. The first kappa shape index (κ1) is 20.3. The molecule has 0 spiro atoms. The Labute approximate surface area is 166 Å². The van der Waals surface area contributed by atoms with Crippen molar-refractivity contribution in [3.63, 3.8) is 0 Å². The second kappa shape index (κ2) is 7.19. The van der Waals surface area contributed by atoms with E-state index < -0.39 is 0 Å². The summed E-state index contributed by atoms with van der Waals surface area (Å²) in [5.74, 6) is 0.403. The van der Waals surface area contributed by atoms with Crippen LogP contribution in [0.4, 0.5) is 0 Å². The third kappa shape index (κ3) is 4.53. The summed E-state index contributed by atoms with van der Waals surface area (Å²) >= 11 is 1.67. The zero-order valence-corrected chi connectivity index (χ0v) is 18.2. The minimum atomic E-state index is -0.204. The number of aliphatic hydroxyl groups is 1. The maximum atomic E-state index is 10.9. The largest absolute Gasteiger partial charge is 0.507 e. The zero-order chi connectivity index (χ0) is 20.0. The van der Waals surface area contributed by atoms with Crippen molar-refractivity contribution in [2.24, 2.45) is 0 Å². The molecule has 1 aromatic carbocycles. The van der Waals surface area contributed by atoms with E-state index in [1.807, 2.05) is 0 Å².